The van der Waals surface area contributed by atoms with Crippen molar-refractivity contribution in [3.8, 4) is 0 Å². The lowest BCUT2D eigenvalue weighted by molar-refractivity contribution is -0.0883. The number of ether oxygens (including phenoxy) is 1. The molecule has 110 valence electrons. The van der Waals surface area contributed by atoms with E-state index in [0.717, 1.165) is 38.8 Å². The maximum absolute atomic E-state index is 5.80. The van der Waals surface area contributed by atoms with Crippen LogP contribution in [-0.2, 0) is 17.8 Å². The van der Waals surface area contributed by atoms with E-state index in [4.69, 9.17) is 4.74 Å². The Labute approximate surface area is 122 Å². The van der Waals surface area contributed by atoms with Crippen LogP contribution in [-0.4, -0.2) is 36.2 Å². The maximum Gasteiger partial charge on any atom is 0.0753 e. The van der Waals surface area contributed by atoms with Gasteiger partial charge in [-0.25, -0.2) is 0 Å². The van der Waals surface area contributed by atoms with Gasteiger partial charge in [-0.15, -0.1) is 0 Å². The summed E-state index contributed by atoms with van der Waals surface area (Å²) in [6, 6.07) is 9.60. The number of nitrogens with zero attached hydrogens (tertiary/aromatic N) is 1. The van der Waals surface area contributed by atoms with Crippen molar-refractivity contribution < 1.29 is 4.74 Å². The fraction of sp³-hybridized carbons (Fsp3) is 0.647. The molecule has 2 aliphatic rings. The molecule has 3 nitrogen and oxygen atoms in total. The number of rotatable bonds is 5. The van der Waals surface area contributed by atoms with Gasteiger partial charge in [0.1, 0.15) is 0 Å². The van der Waals surface area contributed by atoms with Gasteiger partial charge in [-0.3, -0.25) is 4.90 Å². The lowest BCUT2D eigenvalue weighted by atomic mass is 10.0. The third-order valence-corrected chi connectivity index (χ3v) is 4.18. The molecule has 1 saturated heterocycles. The molecule has 1 aliphatic heterocycles. The Morgan fingerprint density at radius 2 is 2.00 bits per heavy atom. The van der Waals surface area contributed by atoms with Crippen molar-refractivity contribution in [3.63, 3.8) is 0 Å². The maximum atomic E-state index is 5.80. The number of hydrogen-bond donors (Lipinski definition) is 1. The highest BCUT2D eigenvalue weighted by Crippen LogP contribution is 2.22. The molecule has 1 saturated carbocycles. The van der Waals surface area contributed by atoms with E-state index in [1.807, 2.05) is 0 Å². The minimum atomic E-state index is -0.0144. The van der Waals surface area contributed by atoms with E-state index in [9.17, 15) is 0 Å². The monoisotopic (exact) mass is 274 g/mol. The molecule has 1 N–H and O–H groups in total. The molecule has 1 aliphatic carbocycles. The minimum Gasteiger partial charge on any atom is -0.373 e. The summed E-state index contributed by atoms with van der Waals surface area (Å²) in [7, 11) is 0. The molecule has 0 spiro atoms. The SMILES string of the molecule is CC1(C)CN(Cc2ccccc2CNC2CC2)CCO1. The molecule has 3 heteroatoms. The standard InChI is InChI=1S/C17H26N2O/c1-17(2)13-19(9-10-20-17)12-15-6-4-3-5-14(15)11-18-16-7-8-16/h3-6,16,18H,7-13H2,1-2H3. The Morgan fingerprint density at radius 1 is 1.25 bits per heavy atom. The molecule has 1 aromatic carbocycles. The van der Waals surface area contributed by atoms with Crippen molar-refractivity contribution in [2.24, 2.45) is 0 Å². The summed E-state index contributed by atoms with van der Waals surface area (Å²) in [5, 5.41) is 3.62. The highest BCUT2D eigenvalue weighted by atomic mass is 16.5. The summed E-state index contributed by atoms with van der Waals surface area (Å²) in [6.07, 6.45) is 2.69. The van der Waals surface area contributed by atoms with Crippen LogP contribution in [0.5, 0.6) is 0 Å². The predicted molar refractivity (Wildman–Crippen MR) is 81.6 cm³/mol. The number of nitrogens with one attached hydrogen (secondary N) is 1. The van der Waals surface area contributed by atoms with Crippen LogP contribution in [0.4, 0.5) is 0 Å². The van der Waals surface area contributed by atoms with E-state index in [0.29, 0.717) is 0 Å². The topological polar surface area (TPSA) is 24.5 Å². The predicted octanol–water partition coefficient (Wildman–Crippen LogP) is 2.55. The van der Waals surface area contributed by atoms with Gasteiger partial charge >= 0.3 is 0 Å². The molecule has 2 fully saturated rings. The first-order valence-corrected chi connectivity index (χ1v) is 7.79. The van der Waals surface area contributed by atoms with E-state index >= 15 is 0 Å². The largest absolute Gasteiger partial charge is 0.373 e. The van der Waals surface area contributed by atoms with Gasteiger partial charge in [0.05, 0.1) is 12.2 Å². The van der Waals surface area contributed by atoms with Gasteiger partial charge in [0.25, 0.3) is 0 Å². The second kappa shape index (κ2) is 5.84. The first-order valence-electron chi connectivity index (χ1n) is 7.79. The molecule has 0 radical (unpaired) electrons. The molecule has 0 unspecified atom stereocenters. The third-order valence-electron chi connectivity index (χ3n) is 4.18. The Balaban J connectivity index is 1.63. The van der Waals surface area contributed by atoms with Crippen molar-refractivity contribution in [1.29, 1.82) is 0 Å². The summed E-state index contributed by atoms with van der Waals surface area (Å²) in [5.41, 5.74) is 2.89. The van der Waals surface area contributed by atoms with Crippen LogP contribution >= 0.6 is 0 Å². The van der Waals surface area contributed by atoms with Crippen molar-refractivity contribution >= 4 is 0 Å². The third kappa shape index (κ3) is 3.81. The van der Waals surface area contributed by atoms with Gasteiger partial charge in [0.15, 0.2) is 0 Å². The summed E-state index contributed by atoms with van der Waals surface area (Å²) >= 11 is 0. The number of benzene rings is 1. The van der Waals surface area contributed by atoms with Gasteiger partial charge in [0, 0.05) is 32.2 Å². The van der Waals surface area contributed by atoms with Gasteiger partial charge in [0.2, 0.25) is 0 Å². The lowest BCUT2D eigenvalue weighted by Gasteiger charge is -2.38. The van der Waals surface area contributed by atoms with Gasteiger partial charge < -0.3 is 10.1 Å². The summed E-state index contributed by atoms with van der Waals surface area (Å²) in [5.74, 6) is 0. The van der Waals surface area contributed by atoms with Crippen molar-refractivity contribution in [2.45, 2.75) is 51.4 Å². The van der Waals surface area contributed by atoms with Crippen molar-refractivity contribution in [2.75, 3.05) is 19.7 Å². The highest BCUT2D eigenvalue weighted by Gasteiger charge is 2.27. The van der Waals surface area contributed by atoms with Crippen LogP contribution in [0.15, 0.2) is 24.3 Å². The van der Waals surface area contributed by atoms with Crippen molar-refractivity contribution in [3.05, 3.63) is 35.4 Å². The molecule has 0 amide bonds. The molecular weight excluding hydrogens is 248 g/mol. The van der Waals surface area contributed by atoms with Gasteiger partial charge in [-0.2, -0.15) is 0 Å². The van der Waals surface area contributed by atoms with E-state index in [1.165, 1.54) is 24.0 Å². The normalized spacial score (nSPS) is 22.9. The first-order chi connectivity index (χ1) is 9.62. The quantitative estimate of drug-likeness (QED) is 0.893. The molecule has 0 bridgehead atoms. The summed E-state index contributed by atoms with van der Waals surface area (Å²) < 4.78 is 5.80. The smallest absolute Gasteiger partial charge is 0.0753 e. The van der Waals surface area contributed by atoms with Gasteiger partial charge in [-0.1, -0.05) is 24.3 Å². The lowest BCUT2D eigenvalue weighted by Crippen LogP contribution is -2.47. The second-order valence-corrected chi connectivity index (χ2v) is 6.74. The molecule has 0 aromatic heterocycles. The summed E-state index contributed by atoms with van der Waals surface area (Å²) in [6.45, 7) is 9.30. The van der Waals surface area contributed by atoms with Crippen molar-refractivity contribution in [1.82, 2.24) is 10.2 Å². The Bertz CT molecular complexity index is 454. The Morgan fingerprint density at radius 3 is 2.70 bits per heavy atom. The fourth-order valence-corrected chi connectivity index (χ4v) is 2.92. The number of hydrogen-bond acceptors (Lipinski definition) is 3. The van der Waals surface area contributed by atoms with Gasteiger partial charge in [-0.05, 0) is 37.8 Å². The molecule has 1 aromatic rings. The van der Waals surface area contributed by atoms with Crippen LogP contribution in [0.1, 0.15) is 37.8 Å². The zero-order valence-electron chi connectivity index (χ0n) is 12.7. The number of morpholine rings is 1. The van der Waals surface area contributed by atoms with Crippen LogP contribution in [0.2, 0.25) is 0 Å². The van der Waals surface area contributed by atoms with E-state index < -0.39 is 0 Å². The molecule has 3 rings (SSSR count). The van der Waals surface area contributed by atoms with Crippen LogP contribution in [0, 0.1) is 0 Å². The summed E-state index contributed by atoms with van der Waals surface area (Å²) in [4.78, 5) is 2.51. The highest BCUT2D eigenvalue weighted by molar-refractivity contribution is 5.27. The zero-order valence-corrected chi connectivity index (χ0v) is 12.7. The van der Waals surface area contributed by atoms with Crippen LogP contribution < -0.4 is 5.32 Å². The first kappa shape index (κ1) is 14.1. The molecular formula is C17H26N2O. The Kier molecular flexibility index (Phi) is 4.11. The molecule has 20 heavy (non-hydrogen) atoms. The molecule has 1 heterocycles. The van der Waals surface area contributed by atoms with E-state index in [2.05, 4.69) is 48.3 Å². The average Bonchev–Trinajstić information content (AvgIpc) is 3.21. The molecule has 0 atom stereocenters. The second-order valence-electron chi connectivity index (χ2n) is 6.74. The average molecular weight is 274 g/mol. The van der Waals surface area contributed by atoms with E-state index in [-0.39, 0.29) is 5.60 Å². The zero-order chi connectivity index (χ0) is 14.0. The van der Waals surface area contributed by atoms with E-state index in [1.54, 1.807) is 0 Å². The van der Waals surface area contributed by atoms with Crippen LogP contribution in [0.3, 0.4) is 0 Å². The fourth-order valence-electron chi connectivity index (χ4n) is 2.92. The minimum absolute atomic E-state index is 0.0144. The van der Waals surface area contributed by atoms with Crippen LogP contribution in [0.25, 0.3) is 0 Å². The Hall–Kier alpha value is -0.900.